The summed E-state index contributed by atoms with van der Waals surface area (Å²) in [6.45, 7) is 10.8. The Kier molecular flexibility index (Phi) is 7.15. The molecule has 1 aromatic rings. The molecule has 5 heteroatoms. The highest BCUT2D eigenvalue weighted by atomic mass is 16.5. The van der Waals surface area contributed by atoms with Crippen LogP contribution >= 0.6 is 0 Å². The van der Waals surface area contributed by atoms with Crippen molar-refractivity contribution < 1.29 is 4.74 Å². The van der Waals surface area contributed by atoms with Crippen LogP contribution in [0.2, 0.25) is 0 Å². The standard InChI is InChI=1S/C18H32N4O/c1-5-19-11-12-20(3)15-18-21(4)16-9-7-8-10-17(16)22(18)13-14-23-6-2/h7-10,18-19H,5-6,11-15H2,1-4H3. The second-order valence-corrected chi connectivity index (χ2v) is 6.09. The number of nitrogens with one attached hydrogen (secondary N) is 1. The Morgan fingerprint density at radius 2 is 1.96 bits per heavy atom. The van der Waals surface area contributed by atoms with Gasteiger partial charge < -0.3 is 24.8 Å². The number of nitrogens with zero attached hydrogens (tertiary/aromatic N) is 3. The van der Waals surface area contributed by atoms with Crippen molar-refractivity contribution in [2.75, 3.05) is 69.8 Å². The van der Waals surface area contributed by atoms with Gasteiger partial charge in [0.25, 0.3) is 0 Å². The topological polar surface area (TPSA) is 31.0 Å². The molecule has 1 aliphatic rings. The maximum absolute atomic E-state index is 5.59. The van der Waals surface area contributed by atoms with E-state index in [4.69, 9.17) is 4.74 Å². The van der Waals surface area contributed by atoms with Crippen LogP contribution in [0, 0.1) is 0 Å². The third kappa shape index (κ3) is 4.59. The highest BCUT2D eigenvalue weighted by Gasteiger charge is 2.33. The van der Waals surface area contributed by atoms with Crippen LogP contribution in [0.25, 0.3) is 0 Å². The van der Waals surface area contributed by atoms with Crippen molar-refractivity contribution in [1.82, 2.24) is 10.2 Å². The first-order valence-electron chi connectivity index (χ1n) is 8.74. The summed E-state index contributed by atoms with van der Waals surface area (Å²) in [5, 5.41) is 3.40. The quantitative estimate of drug-likeness (QED) is 0.665. The first kappa shape index (κ1) is 18.0. The van der Waals surface area contributed by atoms with E-state index in [1.165, 1.54) is 11.4 Å². The van der Waals surface area contributed by atoms with Gasteiger partial charge in [-0.1, -0.05) is 19.1 Å². The van der Waals surface area contributed by atoms with Crippen molar-refractivity contribution in [3.63, 3.8) is 0 Å². The second kappa shape index (κ2) is 9.11. The molecule has 0 bridgehead atoms. The molecule has 2 rings (SSSR count). The molecule has 0 radical (unpaired) electrons. The Bertz CT molecular complexity index is 468. The lowest BCUT2D eigenvalue weighted by Gasteiger charge is -2.34. The van der Waals surface area contributed by atoms with E-state index in [9.17, 15) is 0 Å². The Balaban J connectivity index is 2.03. The summed E-state index contributed by atoms with van der Waals surface area (Å²) in [6, 6.07) is 8.67. The van der Waals surface area contributed by atoms with Crippen molar-refractivity contribution in [3.8, 4) is 0 Å². The molecule has 0 aromatic heterocycles. The second-order valence-electron chi connectivity index (χ2n) is 6.09. The van der Waals surface area contributed by atoms with Gasteiger partial charge in [0.15, 0.2) is 0 Å². The van der Waals surface area contributed by atoms with Gasteiger partial charge in [0.1, 0.15) is 6.17 Å². The van der Waals surface area contributed by atoms with Gasteiger partial charge in [-0.2, -0.15) is 0 Å². The summed E-state index contributed by atoms with van der Waals surface area (Å²) in [7, 11) is 4.40. The van der Waals surface area contributed by atoms with Crippen molar-refractivity contribution in [2.24, 2.45) is 0 Å². The predicted molar refractivity (Wildman–Crippen MR) is 98.5 cm³/mol. The molecule has 130 valence electrons. The molecular weight excluding hydrogens is 288 g/mol. The minimum absolute atomic E-state index is 0.361. The fourth-order valence-electron chi connectivity index (χ4n) is 3.15. The molecule has 1 aliphatic heterocycles. The highest BCUT2D eigenvalue weighted by molar-refractivity contribution is 5.77. The summed E-state index contributed by atoms with van der Waals surface area (Å²) < 4.78 is 5.59. The number of fused-ring (bicyclic) bond motifs is 1. The van der Waals surface area contributed by atoms with Gasteiger partial charge in [0.2, 0.25) is 0 Å². The number of hydrogen-bond donors (Lipinski definition) is 1. The largest absolute Gasteiger partial charge is 0.380 e. The van der Waals surface area contributed by atoms with Gasteiger partial charge in [0.05, 0.1) is 18.0 Å². The molecule has 23 heavy (non-hydrogen) atoms. The van der Waals surface area contributed by atoms with Gasteiger partial charge in [0, 0.05) is 39.8 Å². The van der Waals surface area contributed by atoms with Gasteiger partial charge in [-0.05, 0) is 32.6 Å². The van der Waals surface area contributed by atoms with Gasteiger partial charge in [-0.3, -0.25) is 0 Å². The lowest BCUT2D eigenvalue weighted by Crippen LogP contribution is -2.50. The van der Waals surface area contributed by atoms with E-state index in [1.54, 1.807) is 0 Å². The van der Waals surface area contributed by atoms with E-state index in [0.717, 1.165) is 45.9 Å². The molecule has 5 nitrogen and oxygen atoms in total. The van der Waals surface area contributed by atoms with E-state index in [1.807, 2.05) is 0 Å². The minimum atomic E-state index is 0.361. The van der Waals surface area contributed by atoms with E-state index >= 15 is 0 Å². The fourth-order valence-corrected chi connectivity index (χ4v) is 3.15. The van der Waals surface area contributed by atoms with Gasteiger partial charge in [-0.25, -0.2) is 0 Å². The van der Waals surface area contributed by atoms with Crippen LogP contribution in [-0.4, -0.2) is 71.1 Å². The Morgan fingerprint density at radius 3 is 2.65 bits per heavy atom. The normalized spacial score (nSPS) is 17.2. The average molecular weight is 320 g/mol. The van der Waals surface area contributed by atoms with Crippen molar-refractivity contribution in [3.05, 3.63) is 24.3 Å². The van der Waals surface area contributed by atoms with Crippen LogP contribution in [0.4, 0.5) is 11.4 Å². The number of hydrogen-bond acceptors (Lipinski definition) is 5. The summed E-state index contributed by atoms with van der Waals surface area (Å²) >= 11 is 0. The summed E-state index contributed by atoms with van der Waals surface area (Å²) in [5.74, 6) is 0. The number of rotatable bonds is 10. The van der Waals surface area contributed by atoms with E-state index in [0.29, 0.717) is 6.17 Å². The highest BCUT2D eigenvalue weighted by Crippen LogP contribution is 2.38. The third-order valence-electron chi connectivity index (χ3n) is 4.45. The summed E-state index contributed by atoms with van der Waals surface area (Å²) in [4.78, 5) is 7.28. The number of benzene rings is 1. The Labute approximate surface area is 141 Å². The lowest BCUT2D eigenvalue weighted by atomic mass is 10.2. The Hall–Kier alpha value is -1.30. The maximum atomic E-state index is 5.59. The monoisotopic (exact) mass is 320 g/mol. The van der Waals surface area contributed by atoms with Crippen LogP contribution < -0.4 is 15.1 Å². The first-order valence-corrected chi connectivity index (χ1v) is 8.74. The molecule has 0 saturated carbocycles. The predicted octanol–water partition coefficient (Wildman–Crippen LogP) is 1.85. The third-order valence-corrected chi connectivity index (χ3v) is 4.45. The van der Waals surface area contributed by atoms with Crippen LogP contribution in [0.1, 0.15) is 13.8 Å². The number of anilines is 2. The molecule has 0 amide bonds. The van der Waals surface area contributed by atoms with Gasteiger partial charge >= 0.3 is 0 Å². The van der Waals surface area contributed by atoms with Crippen molar-refractivity contribution in [1.29, 1.82) is 0 Å². The summed E-state index contributed by atoms with van der Waals surface area (Å²) in [6.07, 6.45) is 0.361. The number of likely N-dealkylation sites (N-methyl/N-ethyl adjacent to an activating group) is 3. The van der Waals surface area contributed by atoms with E-state index in [-0.39, 0.29) is 0 Å². The van der Waals surface area contributed by atoms with Crippen LogP contribution in [0.15, 0.2) is 24.3 Å². The van der Waals surface area contributed by atoms with Crippen molar-refractivity contribution in [2.45, 2.75) is 20.0 Å². The van der Waals surface area contributed by atoms with E-state index < -0.39 is 0 Å². The summed E-state index contributed by atoms with van der Waals surface area (Å²) in [5.41, 5.74) is 2.63. The first-order chi connectivity index (χ1) is 11.2. The van der Waals surface area contributed by atoms with Crippen LogP contribution in [-0.2, 0) is 4.74 Å². The molecule has 1 heterocycles. The zero-order chi connectivity index (χ0) is 16.7. The van der Waals surface area contributed by atoms with Crippen molar-refractivity contribution >= 4 is 11.4 Å². The number of ether oxygens (including phenoxy) is 1. The molecule has 0 fully saturated rings. The Morgan fingerprint density at radius 1 is 1.22 bits per heavy atom. The zero-order valence-corrected chi connectivity index (χ0v) is 15.1. The molecule has 0 aliphatic carbocycles. The zero-order valence-electron chi connectivity index (χ0n) is 15.1. The molecule has 0 spiro atoms. The smallest absolute Gasteiger partial charge is 0.114 e. The van der Waals surface area contributed by atoms with E-state index in [2.05, 4.69) is 72.2 Å². The van der Waals surface area contributed by atoms with Crippen LogP contribution in [0.5, 0.6) is 0 Å². The number of para-hydroxylation sites is 2. The maximum Gasteiger partial charge on any atom is 0.114 e. The fraction of sp³-hybridized carbons (Fsp3) is 0.667. The molecule has 1 unspecified atom stereocenters. The molecule has 0 saturated heterocycles. The SMILES string of the molecule is CCNCCN(C)CC1N(C)c2ccccc2N1CCOCC. The molecule has 1 aromatic carbocycles. The van der Waals surface area contributed by atoms with Gasteiger partial charge in [-0.15, -0.1) is 0 Å². The lowest BCUT2D eigenvalue weighted by molar-refractivity contribution is 0.151. The molecular formula is C18H32N4O. The average Bonchev–Trinajstić information content (AvgIpc) is 2.81. The van der Waals surface area contributed by atoms with Crippen LogP contribution in [0.3, 0.4) is 0 Å². The molecule has 1 atom stereocenters. The minimum Gasteiger partial charge on any atom is -0.380 e. The molecule has 1 N–H and O–H groups in total.